The molecule has 0 fully saturated rings. The van der Waals surface area contributed by atoms with E-state index in [0.717, 1.165) is 11.3 Å². The Balaban J connectivity index is 1.86. The average Bonchev–Trinajstić information content (AvgIpc) is 2.50. The molecule has 0 aromatic heterocycles. The zero-order valence-electron chi connectivity index (χ0n) is 13.1. The van der Waals surface area contributed by atoms with Gasteiger partial charge in [-0.3, -0.25) is 5.43 Å². The lowest BCUT2D eigenvalue weighted by Crippen LogP contribution is -2.23. The number of aryl methyl sites for hydroxylation is 1. The highest BCUT2D eigenvalue weighted by atomic mass is 32.1. The molecule has 4 heteroatoms. The second-order valence-electron chi connectivity index (χ2n) is 5.51. The third kappa shape index (κ3) is 4.97. The van der Waals surface area contributed by atoms with E-state index in [1.807, 2.05) is 36.4 Å². The summed E-state index contributed by atoms with van der Waals surface area (Å²) in [7, 11) is 0. The molecule has 0 aliphatic heterocycles. The molecule has 0 atom stereocenters. The number of hydrogen-bond acceptors (Lipinski definition) is 2. The van der Waals surface area contributed by atoms with Crippen molar-refractivity contribution in [2.45, 2.75) is 26.7 Å². The molecular formula is C18H21N3S. The topological polar surface area (TPSA) is 36.4 Å². The summed E-state index contributed by atoms with van der Waals surface area (Å²) in [5.41, 5.74) is 7.34. The highest BCUT2D eigenvalue weighted by molar-refractivity contribution is 7.80. The molecule has 114 valence electrons. The Hall–Kier alpha value is -2.20. The molecule has 0 radical (unpaired) electrons. The number of rotatable bonds is 4. The van der Waals surface area contributed by atoms with Gasteiger partial charge in [0, 0.05) is 5.69 Å². The molecule has 22 heavy (non-hydrogen) atoms. The Kier molecular flexibility index (Phi) is 5.67. The lowest BCUT2D eigenvalue weighted by Gasteiger charge is -2.09. The molecule has 0 aliphatic rings. The molecule has 3 nitrogen and oxygen atoms in total. The summed E-state index contributed by atoms with van der Waals surface area (Å²) in [6, 6.07) is 16.4. The first-order chi connectivity index (χ1) is 10.5. The Morgan fingerprint density at radius 1 is 1.05 bits per heavy atom. The van der Waals surface area contributed by atoms with E-state index >= 15 is 0 Å². The largest absolute Gasteiger partial charge is 0.331 e. The minimum Gasteiger partial charge on any atom is -0.331 e. The Morgan fingerprint density at radius 3 is 2.27 bits per heavy atom. The predicted molar refractivity (Wildman–Crippen MR) is 98.7 cm³/mol. The molecule has 0 amide bonds. The molecule has 0 unspecified atom stereocenters. The summed E-state index contributed by atoms with van der Waals surface area (Å²) >= 11 is 5.22. The van der Waals surface area contributed by atoms with Crippen LogP contribution in [-0.4, -0.2) is 11.3 Å². The standard InChI is InChI=1S/C18H21N3S/c1-13(2)16-8-10-17(11-9-16)20-18(22)21-19-12-15-6-4-14(3)5-7-15/h4-13H,1-3H3,(H2,20,21,22)/b19-12+. The van der Waals surface area contributed by atoms with Crippen molar-refractivity contribution < 1.29 is 0 Å². The van der Waals surface area contributed by atoms with Gasteiger partial charge in [0.2, 0.25) is 0 Å². The maximum absolute atomic E-state index is 5.22. The number of hydrogen-bond donors (Lipinski definition) is 2. The third-order valence-corrected chi connectivity index (χ3v) is 3.49. The summed E-state index contributed by atoms with van der Waals surface area (Å²) in [5.74, 6) is 0.526. The second-order valence-corrected chi connectivity index (χ2v) is 5.92. The summed E-state index contributed by atoms with van der Waals surface area (Å²) in [5, 5.41) is 7.72. The van der Waals surface area contributed by atoms with Gasteiger partial charge in [-0.05, 0) is 48.3 Å². The third-order valence-electron chi connectivity index (χ3n) is 3.29. The Labute approximate surface area is 137 Å². The molecule has 0 heterocycles. The molecule has 0 spiro atoms. The SMILES string of the molecule is Cc1ccc(/C=N/NC(=S)Nc2ccc(C(C)C)cc2)cc1. The van der Waals surface area contributed by atoms with Crippen molar-refractivity contribution in [3.63, 3.8) is 0 Å². The fourth-order valence-corrected chi connectivity index (χ4v) is 2.10. The number of hydrazone groups is 1. The van der Waals surface area contributed by atoms with Gasteiger partial charge in [-0.15, -0.1) is 0 Å². The smallest absolute Gasteiger partial charge is 0.191 e. The van der Waals surface area contributed by atoms with Gasteiger partial charge >= 0.3 is 0 Å². The number of benzene rings is 2. The highest BCUT2D eigenvalue weighted by Crippen LogP contribution is 2.16. The zero-order valence-corrected chi connectivity index (χ0v) is 13.9. The van der Waals surface area contributed by atoms with E-state index in [0.29, 0.717) is 11.0 Å². The lowest BCUT2D eigenvalue weighted by atomic mass is 10.0. The molecule has 2 N–H and O–H groups in total. The van der Waals surface area contributed by atoms with Crippen LogP contribution in [0.1, 0.15) is 36.5 Å². The van der Waals surface area contributed by atoms with Crippen LogP contribution in [0.5, 0.6) is 0 Å². The van der Waals surface area contributed by atoms with Crippen LogP contribution in [0.25, 0.3) is 0 Å². The zero-order chi connectivity index (χ0) is 15.9. The first-order valence-electron chi connectivity index (χ1n) is 7.31. The first-order valence-corrected chi connectivity index (χ1v) is 7.72. The van der Waals surface area contributed by atoms with E-state index in [1.165, 1.54) is 11.1 Å². The van der Waals surface area contributed by atoms with Crippen molar-refractivity contribution >= 4 is 29.2 Å². The lowest BCUT2D eigenvalue weighted by molar-refractivity contribution is 0.867. The van der Waals surface area contributed by atoms with Crippen LogP contribution < -0.4 is 10.7 Å². The fraction of sp³-hybridized carbons (Fsp3) is 0.222. The van der Waals surface area contributed by atoms with E-state index in [-0.39, 0.29) is 0 Å². The van der Waals surface area contributed by atoms with Gasteiger partial charge in [-0.25, -0.2) is 0 Å². The van der Waals surface area contributed by atoms with E-state index < -0.39 is 0 Å². The predicted octanol–water partition coefficient (Wildman–Crippen LogP) is 4.44. The van der Waals surface area contributed by atoms with Crippen molar-refractivity contribution in [3.05, 3.63) is 65.2 Å². The van der Waals surface area contributed by atoms with Crippen LogP contribution in [0.4, 0.5) is 5.69 Å². The van der Waals surface area contributed by atoms with Crippen LogP contribution in [-0.2, 0) is 0 Å². The van der Waals surface area contributed by atoms with E-state index in [4.69, 9.17) is 12.2 Å². The summed E-state index contributed by atoms with van der Waals surface area (Å²) < 4.78 is 0. The van der Waals surface area contributed by atoms with Gasteiger partial charge in [-0.2, -0.15) is 5.10 Å². The number of anilines is 1. The molecule has 2 rings (SSSR count). The highest BCUT2D eigenvalue weighted by Gasteiger charge is 2.00. The summed E-state index contributed by atoms with van der Waals surface area (Å²) in [6.07, 6.45) is 1.75. The normalized spacial score (nSPS) is 10.9. The monoisotopic (exact) mass is 311 g/mol. The Morgan fingerprint density at radius 2 is 1.68 bits per heavy atom. The fourth-order valence-electron chi connectivity index (χ4n) is 1.93. The van der Waals surface area contributed by atoms with Crippen molar-refractivity contribution in [2.75, 3.05) is 5.32 Å². The number of thiocarbonyl (C=S) groups is 1. The van der Waals surface area contributed by atoms with Crippen molar-refractivity contribution in [2.24, 2.45) is 5.10 Å². The first kappa shape index (κ1) is 16.2. The van der Waals surface area contributed by atoms with E-state index in [1.54, 1.807) is 6.21 Å². The van der Waals surface area contributed by atoms with Crippen molar-refractivity contribution in [1.29, 1.82) is 0 Å². The average molecular weight is 311 g/mol. The van der Waals surface area contributed by atoms with Crippen LogP contribution >= 0.6 is 12.2 Å². The van der Waals surface area contributed by atoms with Crippen molar-refractivity contribution in [1.82, 2.24) is 5.43 Å². The van der Waals surface area contributed by atoms with Crippen LogP contribution in [0.15, 0.2) is 53.6 Å². The quantitative estimate of drug-likeness (QED) is 0.498. The van der Waals surface area contributed by atoms with Gasteiger partial charge in [0.15, 0.2) is 5.11 Å². The molecule has 0 aliphatic carbocycles. The minimum absolute atomic E-state index is 0.473. The summed E-state index contributed by atoms with van der Waals surface area (Å²) in [6.45, 7) is 6.41. The van der Waals surface area contributed by atoms with Crippen LogP contribution in [0, 0.1) is 6.92 Å². The van der Waals surface area contributed by atoms with E-state index in [9.17, 15) is 0 Å². The second kappa shape index (κ2) is 7.71. The van der Waals surface area contributed by atoms with Crippen LogP contribution in [0.3, 0.4) is 0 Å². The minimum atomic E-state index is 0.473. The van der Waals surface area contributed by atoms with Gasteiger partial charge in [0.1, 0.15) is 0 Å². The van der Waals surface area contributed by atoms with E-state index in [2.05, 4.69) is 48.7 Å². The van der Waals surface area contributed by atoms with Gasteiger partial charge in [-0.1, -0.05) is 55.8 Å². The molecule has 2 aromatic rings. The van der Waals surface area contributed by atoms with Crippen molar-refractivity contribution in [3.8, 4) is 0 Å². The number of nitrogens with one attached hydrogen (secondary N) is 2. The molecule has 0 saturated carbocycles. The maximum Gasteiger partial charge on any atom is 0.191 e. The molecular weight excluding hydrogens is 290 g/mol. The molecule has 0 bridgehead atoms. The van der Waals surface area contributed by atoms with Gasteiger partial charge < -0.3 is 5.32 Å². The molecule has 0 saturated heterocycles. The maximum atomic E-state index is 5.22. The van der Waals surface area contributed by atoms with Gasteiger partial charge in [0.25, 0.3) is 0 Å². The van der Waals surface area contributed by atoms with Gasteiger partial charge in [0.05, 0.1) is 6.21 Å². The number of nitrogens with zero attached hydrogens (tertiary/aromatic N) is 1. The molecule has 2 aromatic carbocycles. The Bertz CT molecular complexity index is 643. The summed E-state index contributed by atoms with van der Waals surface area (Å²) in [4.78, 5) is 0. The van der Waals surface area contributed by atoms with Crippen LogP contribution in [0.2, 0.25) is 0 Å².